The van der Waals surface area contributed by atoms with Crippen molar-refractivity contribution in [1.29, 1.82) is 0 Å². The lowest BCUT2D eigenvalue weighted by molar-refractivity contribution is -0.137. The minimum Gasteiger partial charge on any atom is -0.475 e. The molecule has 3 saturated heterocycles. The maximum Gasteiger partial charge on any atom is 0.418 e. The first-order valence-corrected chi connectivity index (χ1v) is 14.9. The zero-order valence-corrected chi connectivity index (χ0v) is 24.5. The second-order valence-corrected chi connectivity index (χ2v) is 12.8. The highest BCUT2D eigenvalue weighted by Gasteiger charge is 2.50. The molecule has 0 amide bonds. The smallest absolute Gasteiger partial charge is 0.418 e. The van der Waals surface area contributed by atoms with Crippen LogP contribution < -0.4 is 20.1 Å². The summed E-state index contributed by atoms with van der Waals surface area (Å²) >= 11 is 5.98. The third kappa shape index (κ3) is 4.67. The van der Waals surface area contributed by atoms with Gasteiger partial charge in [-0.25, -0.2) is 13.8 Å². The Morgan fingerprint density at radius 3 is 2.73 bits per heavy atom. The van der Waals surface area contributed by atoms with Crippen molar-refractivity contribution >= 4 is 34.0 Å². The predicted octanol–water partition coefficient (Wildman–Crippen LogP) is 5.15. The van der Waals surface area contributed by atoms with Crippen LogP contribution in [0.15, 0.2) is 12.1 Å². The van der Waals surface area contributed by atoms with Crippen LogP contribution in [0.4, 0.5) is 33.5 Å². The average molecular weight is 641 g/mol. The third-order valence-corrected chi connectivity index (χ3v) is 9.72. The van der Waals surface area contributed by atoms with E-state index < -0.39 is 57.2 Å². The molecule has 9 nitrogen and oxygen atoms in total. The number of benzene rings is 1. The van der Waals surface area contributed by atoms with Gasteiger partial charge in [0.15, 0.2) is 5.82 Å². The minimum absolute atomic E-state index is 0.0349. The molecule has 1 aromatic carbocycles. The summed E-state index contributed by atoms with van der Waals surface area (Å²) in [4.78, 5) is 17.0. The zero-order valence-electron chi connectivity index (χ0n) is 23.7. The van der Waals surface area contributed by atoms with E-state index in [4.69, 9.17) is 26.8 Å². The molecule has 7 rings (SSSR count). The SMILES string of the molecule is CC1(O)CCCN2c3nc(OC[C@@]45CCCN4C[C@H](F)C5)nc4c(F)c(-c5cc(N)cc(Cl)c5C(F)(F)F)nc(c34)OCC21. The van der Waals surface area contributed by atoms with Crippen molar-refractivity contribution in [3.8, 4) is 23.1 Å². The lowest BCUT2D eigenvalue weighted by atomic mass is 9.86. The number of piperidine rings is 1. The highest BCUT2D eigenvalue weighted by molar-refractivity contribution is 6.32. The Kier molecular flexibility index (Phi) is 6.80. The molecule has 15 heteroatoms. The molecule has 236 valence electrons. The second-order valence-electron chi connectivity index (χ2n) is 12.4. The average Bonchev–Trinajstić information content (AvgIpc) is 3.40. The molecule has 2 unspecified atom stereocenters. The fraction of sp³-hybridized carbons (Fsp3) is 0.552. The van der Waals surface area contributed by atoms with Crippen LogP contribution in [0.5, 0.6) is 11.9 Å². The summed E-state index contributed by atoms with van der Waals surface area (Å²) in [5.41, 5.74) is 0.844. The number of nitrogens with two attached hydrogens (primary N) is 1. The van der Waals surface area contributed by atoms with Gasteiger partial charge in [-0.05, 0) is 51.3 Å². The number of aliphatic hydroxyl groups is 1. The zero-order chi connectivity index (χ0) is 31.2. The van der Waals surface area contributed by atoms with Crippen LogP contribution in [0.1, 0.15) is 44.6 Å². The van der Waals surface area contributed by atoms with Gasteiger partial charge in [0.05, 0.1) is 27.8 Å². The molecule has 0 spiro atoms. The molecule has 6 heterocycles. The lowest BCUT2D eigenvalue weighted by Gasteiger charge is -2.44. The Morgan fingerprint density at radius 1 is 1.18 bits per heavy atom. The van der Waals surface area contributed by atoms with E-state index in [1.807, 2.05) is 4.90 Å². The van der Waals surface area contributed by atoms with Gasteiger partial charge in [-0.2, -0.15) is 23.1 Å². The molecule has 0 radical (unpaired) electrons. The molecule has 3 fully saturated rings. The highest BCUT2D eigenvalue weighted by atomic mass is 35.5. The van der Waals surface area contributed by atoms with Crippen molar-refractivity contribution in [2.24, 2.45) is 0 Å². The van der Waals surface area contributed by atoms with Crippen LogP contribution in [0.3, 0.4) is 0 Å². The van der Waals surface area contributed by atoms with E-state index in [9.17, 15) is 22.7 Å². The van der Waals surface area contributed by atoms with Crippen molar-refractivity contribution < 1.29 is 36.5 Å². The fourth-order valence-corrected chi connectivity index (χ4v) is 7.69. The Hall–Kier alpha value is -3.23. The van der Waals surface area contributed by atoms with E-state index >= 15 is 4.39 Å². The van der Waals surface area contributed by atoms with E-state index in [1.54, 1.807) is 11.8 Å². The molecular weight excluding hydrogens is 611 g/mol. The molecule has 0 bridgehead atoms. The van der Waals surface area contributed by atoms with Crippen molar-refractivity contribution in [3.63, 3.8) is 0 Å². The number of pyridine rings is 1. The van der Waals surface area contributed by atoms with Crippen molar-refractivity contribution in [2.45, 2.75) is 68.6 Å². The number of nitrogens with zero attached hydrogens (tertiary/aromatic N) is 5. The van der Waals surface area contributed by atoms with Crippen LogP contribution in [0.25, 0.3) is 22.2 Å². The number of ether oxygens (including phenoxy) is 2. The number of hydrogen-bond donors (Lipinski definition) is 2. The number of alkyl halides is 4. The van der Waals surface area contributed by atoms with Gasteiger partial charge in [-0.15, -0.1) is 0 Å². The molecule has 3 N–H and O–H groups in total. The van der Waals surface area contributed by atoms with Gasteiger partial charge in [-0.1, -0.05) is 11.6 Å². The van der Waals surface area contributed by atoms with Gasteiger partial charge in [-0.3, -0.25) is 4.90 Å². The number of fused-ring (bicyclic) bond motifs is 3. The minimum atomic E-state index is -4.97. The van der Waals surface area contributed by atoms with Gasteiger partial charge in [0.2, 0.25) is 5.88 Å². The Labute approximate surface area is 254 Å². The van der Waals surface area contributed by atoms with Crippen LogP contribution in [0.2, 0.25) is 5.02 Å². The van der Waals surface area contributed by atoms with Crippen LogP contribution >= 0.6 is 11.6 Å². The molecule has 4 aliphatic rings. The topological polar surface area (TPSA) is 110 Å². The quantitative estimate of drug-likeness (QED) is 0.296. The van der Waals surface area contributed by atoms with E-state index in [1.165, 1.54) is 0 Å². The maximum atomic E-state index is 16.6. The predicted molar refractivity (Wildman–Crippen MR) is 152 cm³/mol. The molecule has 2 aromatic heterocycles. The summed E-state index contributed by atoms with van der Waals surface area (Å²) in [7, 11) is 0. The van der Waals surface area contributed by atoms with Crippen LogP contribution in [-0.2, 0) is 6.18 Å². The Balaban J connectivity index is 1.42. The van der Waals surface area contributed by atoms with Crippen molar-refractivity contribution in [3.05, 3.63) is 28.5 Å². The molecule has 44 heavy (non-hydrogen) atoms. The summed E-state index contributed by atoms with van der Waals surface area (Å²) in [6.07, 6.45) is -3.07. The molecular formula is C29H30ClF5N6O3. The van der Waals surface area contributed by atoms with Gasteiger partial charge in [0.1, 0.15) is 41.8 Å². The Bertz CT molecular complexity index is 1660. The molecule has 4 atom stereocenters. The van der Waals surface area contributed by atoms with Gasteiger partial charge >= 0.3 is 12.2 Å². The first-order chi connectivity index (χ1) is 20.8. The normalized spacial score (nSPS) is 28.5. The van der Waals surface area contributed by atoms with Gasteiger partial charge in [0.25, 0.3) is 0 Å². The van der Waals surface area contributed by atoms with Crippen molar-refractivity contribution in [1.82, 2.24) is 19.9 Å². The summed E-state index contributed by atoms with van der Waals surface area (Å²) in [6.45, 7) is 3.06. The van der Waals surface area contributed by atoms with E-state index in [0.29, 0.717) is 32.4 Å². The van der Waals surface area contributed by atoms with Crippen LogP contribution in [0, 0.1) is 5.82 Å². The summed E-state index contributed by atoms with van der Waals surface area (Å²) in [5.74, 6) is -1.20. The standard InChI is InChI=1S/C29H30ClF5N6O3/c1-27(42)4-2-7-41-18(27)12-43-25-19-23(21(32)22(37-25)16-8-15(36)9-17(30)20(16)29(33,34)35)38-26(39-24(19)41)44-13-28-5-3-6-40(28)11-14(31)10-28/h8-9,14,18,42H,2-7,10-13,36H2,1H3/t14-,18?,27?,28+/m1/s1. The molecule has 4 aliphatic heterocycles. The number of halogens is 6. The monoisotopic (exact) mass is 640 g/mol. The number of anilines is 2. The molecule has 0 aliphatic carbocycles. The third-order valence-electron chi connectivity index (χ3n) is 9.42. The first-order valence-electron chi connectivity index (χ1n) is 14.5. The van der Waals surface area contributed by atoms with Crippen LogP contribution in [-0.4, -0.2) is 81.2 Å². The number of aromatic nitrogens is 3. The first kappa shape index (κ1) is 29.5. The highest BCUT2D eigenvalue weighted by Crippen LogP contribution is 2.47. The molecule has 3 aromatic rings. The molecule has 0 saturated carbocycles. The second kappa shape index (κ2) is 10.1. The summed E-state index contributed by atoms with van der Waals surface area (Å²) in [5, 5.41) is 10.6. The fourth-order valence-electron chi connectivity index (χ4n) is 7.36. The van der Waals surface area contributed by atoms with E-state index in [0.717, 1.165) is 25.1 Å². The van der Waals surface area contributed by atoms with Gasteiger partial charge in [0, 0.05) is 30.8 Å². The van der Waals surface area contributed by atoms with E-state index in [2.05, 4.69) is 15.0 Å². The maximum absolute atomic E-state index is 16.6. The number of nitrogen functional groups attached to an aromatic ring is 1. The number of hydrogen-bond acceptors (Lipinski definition) is 9. The largest absolute Gasteiger partial charge is 0.475 e. The van der Waals surface area contributed by atoms with Gasteiger partial charge < -0.3 is 25.2 Å². The summed E-state index contributed by atoms with van der Waals surface area (Å²) in [6, 6.07) is 1.01. The van der Waals surface area contributed by atoms with Crippen molar-refractivity contribution in [2.75, 3.05) is 43.5 Å². The number of rotatable bonds is 4. The Morgan fingerprint density at radius 2 is 1.95 bits per heavy atom. The lowest BCUT2D eigenvalue weighted by Crippen LogP contribution is -2.58. The summed E-state index contributed by atoms with van der Waals surface area (Å²) < 4.78 is 85.7. The van der Waals surface area contributed by atoms with E-state index in [-0.39, 0.29) is 53.9 Å².